The standard InChI is InChI=1S/C22H23N5O4/c1-5-15-13(2)17(14-8-6-7-9-16(14)24-15)21(29)31-11-10-27-12-23-19-18(27)20(28)26(4)22(30)25(19)3/h6-9,12H,5,10-11H2,1-4H3. The molecule has 0 saturated carbocycles. The van der Waals surface area contributed by atoms with E-state index < -0.39 is 17.2 Å². The highest BCUT2D eigenvalue weighted by atomic mass is 16.5. The second kappa shape index (κ2) is 7.82. The minimum absolute atomic E-state index is 0.0494. The molecule has 9 heteroatoms. The van der Waals surface area contributed by atoms with Gasteiger partial charge in [-0.1, -0.05) is 25.1 Å². The highest BCUT2D eigenvalue weighted by Crippen LogP contribution is 2.24. The Labute approximate surface area is 177 Å². The van der Waals surface area contributed by atoms with Crippen LogP contribution in [0, 0.1) is 6.92 Å². The fourth-order valence-electron chi connectivity index (χ4n) is 3.84. The van der Waals surface area contributed by atoms with Crippen LogP contribution < -0.4 is 11.2 Å². The molecule has 0 radical (unpaired) electrons. The van der Waals surface area contributed by atoms with E-state index in [9.17, 15) is 14.4 Å². The van der Waals surface area contributed by atoms with E-state index in [-0.39, 0.29) is 13.2 Å². The maximum Gasteiger partial charge on any atom is 0.339 e. The van der Waals surface area contributed by atoms with E-state index in [1.807, 2.05) is 38.1 Å². The molecule has 0 aliphatic carbocycles. The molecule has 0 aliphatic heterocycles. The third-order valence-electron chi connectivity index (χ3n) is 5.56. The number of ether oxygens (including phenoxy) is 1. The van der Waals surface area contributed by atoms with Crippen LogP contribution in [0.3, 0.4) is 0 Å². The first-order valence-corrected chi connectivity index (χ1v) is 10.0. The molecule has 0 amide bonds. The van der Waals surface area contributed by atoms with Gasteiger partial charge < -0.3 is 9.30 Å². The smallest absolute Gasteiger partial charge is 0.339 e. The zero-order valence-corrected chi connectivity index (χ0v) is 17.9. The van der Waals surface area contributed by atoms with Gasteiger partial charge in [0, 0.05) is 25.2 Å². The lowest BCUT2D eigenvalue weighted by atomic mass is 10.0. The molecule has 3 aromatic heterocycles. The Hall–Kier alpha value is -3.75. The van der Waals surface area contributed by atoms with Gasteiger partial charge in [0.1, 0.15) is 6.61 Å². The summed E-state index contributed by atoms with van der Waals surface area (Å²) in [6.07, 6.45) is 2.18. The van der Waals surface area contributed by atoms with Crippen LogP contribution in [-0.2, 0) is 31.8 Å². The number of fused-ring (bicyclic) bond motifs is 2. The summed E-state index contributed by atoms with van der Waals surface area (Å²) in [6, 6.07) is 7.49. The van der Waals surface area contributed by atoms with Crippen molar-refractivity contribution in [3.63, 3.8) is 0 Å². The van der Waals surface area contributed by atoms with Crippen LogP contribution in [0.15, 0.2) is 40.2 Å². The van der Waals surface area contributed by atoms with Crippen molar-refractivity contribution in [3.8, 4) is 0 Å². The summed E-state index contributed by atoms with van der Waals surface area (Å²) in [5, 5.41) is 0.749. The van der Waals surface area contributed by atoms with Gasteiger partial charge in [-0.25, -0.2) is 14.6 Å². The number of aromatic nitrogens is 5. The first kappa shape index (κ1) is 20.5. The molecule has 0 N–H and O–H groups in total. The van der Waals surface area contributed by atoms with E-state index in [1.54, 1.807) is 11.6 Å². The Morgan fingerprint density at radius 2 is 1.87 bits per heavy atom. The summed E-state index contributed by atoms with van der Waals surface area (Å²) in [5.74, 6) is -0.435. The SMILES string of the molecule is CCc1nc2ccccc2c(C(=O)OCCn2cnc3c2c(=O)n(C)c(=O)n3C)c1C. The van der Waals surface area contributed by atoms with Crippen LogP contribution in [0.4, 0.5) is 0 Å². The third-order valence-corrected chi connectivity index (χ3v) is 5.56. The lowest BCUT2D eigenvalue weighted by Crippen LogP contribution is -2.37. The predicted molar refractivity (Wildman–Crippen MR) is 116 cm³/mol. The van der Waals surface area contributed by atoms with E-state index in [0.717, 1.165) is 26.7 Å². The Balaban J connectivity index is 1.62. The summed E-state index contributed by atoms with van der Waals surface area (Å²) in [7, 11) is 2.98. The number of pyridine rings is 1. The van der Waals surface area contributed by atoms with Crippen LogP contribution in [0.5, 0.6) is 0 Å². The van der Waals surface area contributed by atoms with Gasteiger partial charge in [-0.2, -0.15) is 0 Å². The molecule has 0 atom stereocenters. The van der Waals surface area contributed by atoms with Gasteiger partial charge in [-0.3, -0.25) is 18.9 Å². The number of hydrogen-bond donors (Lipinski definition) is 0. The average molecular weight is 421 g/mol. The fourth-order valence-corrected chi connectivity index (χ4v) is 3.84. The maximum atomic E-state index is 13.0. The molecule has 4 aromatic rings. The average Bonchev–Trinajstić information content (AvgIpc) is 3.19. The van der Waals surface area contributed by atoms with Crippen molar-refractivity contribution in [2.24, 2.45) is 14.1 Å². The summed E-state index contributed by atoms with van der Waals surface area (Å²) < 4.78 is 9.52. The first-order valence-electron chi connectivity index (χ1n) is 10.0. The first-order chi connectivity index (χ1) is 14.8. The fraction of sp³-hybridized carbons (Fsp3) is 0.318. The molecule has 0 fully saturated rings. The van der Waals surface area contributed by atoms with E-state index in [0.29, 0.717) is 23.1 Å². The van der Waals surface area contributed by atoms with Gasteiger partial charge >= 0.3 is 11.7 Å². The largest absolute Gasteiger partial charge is 0.460 e. The van der Waals surface area contributed by atoms with E-state index >= 15 is 0 Å². The maximum absolute atomic E-state index is 13.0. The Bertz CT molecular complexity index is 1440. The number of hydrogen-bond acceptors (Lipinski definition) is 6. The number of aryl methyl sites for hydroxylation is 2. The molecule has 0 saturated heterocycles. The van der Waals surface area contributed by atoms with Crippen molar-refractivity contribution in [1.82, 2.24) is 23.7 Å². The highest BCUT2D eigenvalue weighted by molar-refractivity contribution is 6.05. The summed E-state index contributed by atoms with van der Waals surface area (Å²) in [6.45, 7) is 4.16. The monoisotopic (exact) mass is 421 g/mol. The van der Waals surface area contributed by atoms with Crippen molar-refractivity contribution in [1.29, 1.82) is 0 Å². The molecular formula is C22H23N5O4. The summed E-state index contributed by atoms with van der Waals surface area (Å²) >= 11 is 0. The van der Waals surface area contributed by atoms with Gasteiger partial charge in [-0.15, -0.1) is 0 Å². The van der Waals surface area contributed by atoms with Crippen molar-refractivity contribution >= 4 is 28.0 Å². The minimum Gasteiger partial charge on any atom is -0.460 e. The molecule has 0 bridgehead atoms. The van der Waals surface area contributed by atoms with Gasteiger partial charge in [0.2, 0.25) is 0 Å². The second-order valence-electron chi connectivity index (χ2n) is 7.38. The van der Waals surface area contributed by atoms with Crippen molar-refractivity contribution in [3.05, 3.63) is 68.3 Å². The molecule has 4 rings (SSSR count). The number of benzene rings is 1. The number of imidazole rings is 1. The van der Waals surface area contributed by atoms with Gasteiger partial charge in [0.05, 0.1) is 24.0 Å². The van der Waals surface area contributed by atoms with Crippen LogP contribution >= 0.6 is 0 Å². The molecule has 3 heterocycles. The summed E-state index contributed by atoms with van der Waals surface area (Å²) in [5.41, 5.74) is 2.63. The van der Waals surface area contributed by atoms with E-state index in [1.165, 1.54) is 17.9 Å². The number of carbonyl (C=O) groups excluding carboxylic acids is 1. The number of carbonyl (C=O) groups is 1. The number of esters is 1. The van der Waals surface area contributed by atoms with Gasteiger partial charge in [0.25, 0.3) is 5.56 Å². The molecule has 1 aromatic carbocycles. The molecule has 0 aliphatic rings. The Kier molecular flexibility index (Phi) is 5.18. The molecule has 0 spiro atoms. The van der Waals surface area contributed by atoms with Crippen molar-refractivity contribution in [2.75, 3.05) is 6.61 Å². The molecule has 9 nitrogen and oxygen atoms in total. The van der Waals surface area contributed by atoms with Crippen LogP contribution in [0.1, 0.15) is 28.5 Å². The van der Waals surface area contributed by atoms with Crippen molar-refractivity contribution < 1.29 is 9.53 Å². The van der Waals surface area contributed by atoms with Crippen LogP contribution in [-0.4, -0.2) is 36.2 Å². The minimum atomic E-state index is -0.444. The van der Waals surface area contributed by atoms with Crippen LogP contribution in [0.25, 0.3) is 22.1 Å². The Morgan fingerprint density at radius 3 is 2.61 bits per heavy atom. The number of nitrogens with zero attached hydrogens (tertiary/aromatic N) is 5. The quantitative estimate of drug-likeness (QED) is 0.455. The molecular weight excluding hydrogens is 398 g/mol. The van der Waals surface area contributed by atoms with E-state index in [2.05, 4.69) is 9.97 Å². The zero-order chi connectivity index (χ0) is 22.3. The van der Waals surface area contributed by atoms with Gasteiger partial charge in [-0.05, 0) is 25.0 Å². The normalized spacial score (nSPS) is 11.4. The van der Waals surface area contributed by atoms with Crippen LogP contribution in [0.2, 0.25) is 0 Å². The molecule has 31 heavy (non-hydrogen) atoms. The Morgan fingerprint density at radius 1 is 1.13 bits per heavy atom. The van der Waals surface area contributed by atoms with Crippen molar-refractivity contribution in [2.45, 2.75) is 26.8 Å². The molecule has 160 valence electrons. The van der Waals surface area contributed by atoms with Gasteiger partial charge in [0.15, 0.2) is 11.2 Å². The highest BCUT2D eigenvalue weighted by Gasteiger charge is 2.19. The topological polar surface area (TPSA) is 101 Å². The number of para-hydroxylation sites is 1. The predicted octanol–water partition coefficient (Wildman–Crippen LogP) is 1.71. The second-order valence-corrected chi connectivity index (χ2v) is 7.38. The van der Waals surface area contributed by atoms with E-state index in [4.69, 9.17) is 4.74 Å². The third kappa shape index (κ3) is 3.31. The zero-order valence-electron chi connectivity index (χ0n) is 17.9. The number of rotatable bonds is 5. The lowest BCUT2D eigenvalue weighted by molar-refractivity contribution is 0.0493. The lowest BCUT2D eigenvalue weighted by Gasteiger charge is -2.13. The summed E-state index contributed by atoms with van der Waals surface area (Å²) in [4.78, 5) is 46.4. The molecule has 0 unspecified atom stereocenters.